The number of nitrogens with zero attached hydrogens (tertiary/aromatic N) is 1. The van der Waals surface area contributed by atoms with Crippen molar-refractivity contribution in [1.29, 1.82) is 0 Å². The van der Waals surface area contributed by atoms with Crippen LogP contribution in [-0.4, -0.2) is 29.9 Å². The van der Waals surface area contributed by atoms with Crippen LogP contribution in [0.2, 0.25) is 0 Å². The monoisotopic (exact) mass is 261 g/mol. The van der Waals surface area contributed by atoms with Gasteiger partial charge in [0, 0.05) is 30.4 Å². The molecule has 1 aliphatic rings. The standard InChI is InChI=1S/C15H23N3O/c1-3-18(13-5-6-13)9-8-15(19)17-14-7-4-12(16)10-11(14)2/h4,7,10,13H,3,5-6,8-9,16H2,1-2H3,(H,17,19). The second-order valence-corrected chi connectivity index (χ2v) is 5.23. The van der Waals surface area contributed by atoms with Crippen LogP contribution in [-0.2, 0) is 4.79 Å². The number of hydrogen-bond acceptors (Lipinski definition) is 3. The number of carbonyl (C=O) groups excluding carboxylic acids is 1. The fourth-order valence-electron chi connectivity index (χ4n) is 2.32. The van der Waals surface area contributed by atoms with E-state index in [2.05, 4.69) is 17.1 Å². The normalized spacial score (nSPS) is 14.7. The molecule has 0 unspecified atom stereocenters. The van der Waals surface area contributed by atoms with Gasteiger partial charge in [-0.15, -0.1) is 0 Å². The van der Waals surface area contributed by atoms with Crippen LogP contribution in [0.25, 0.3) is 0 Å². The van der Waals surface area contributed by atoms with E-state index >= 15 is 0 Å². The SMILES string of the molecule is CCN(CCC(=O)Nc1ccc(N)cc1C)C1CC1. The molecule has 4 nitrogen and oxygen atoms in total. The maximum absolute atomic E-state index is 11.9. The van der Waals surface area contributed by atoms with Gasteiger partial charge in [-0.25, -0.2) is 0 Å². The molecular formula is C15H23N3O. The first-order valence-electron chi connectivity index (χ1n) is 7.00. The van der Waals surface area contributed by atoms with E-state index in [0.29, 0.717) is 6.42 Å². The van der Waals surface area contributed by atoms with Gasteiger partial charge in [0.15, 0.2) is 0 Å². The molecule has 0 aromatic heterocycles. The molecule has 0 radical (unpaired) electrons. The Morgan fingerprint density at radius 3 is 2.79 bits per heavy atom. The molecule has 1 aromatic rings. The van der Waals surface area contributed by atoms with Gasteiger partial charge in [0.25, 0.3) is 0 Å². The number of anilines is 2. The summed E-state index contributed by atoms with van der Waals surface area (Å²) in [6, 6.07) is 6.26. The van der Waals surface area contributed by atoms with E-state index < -0.39 is 0 Å². The Hall–Kier alpha value is -1.55. The highest BCUT2D eigenvalue weighted by atomic mass is 16.1. The summed E-state index contributed by atoms with van der Waals surface area (Å²) in [7, 11) is 0. The lowest BCUT2D eigenvalue weighted by Gasteiger charge is -2.19. The number of nitrogen functional groups attached to an aromatic ring is 1. The first-order chi connectivity index (χ1) is 9.10. The molecule has 3 N–H and O–H groups in total. The van der Waals surface area contributed by atoms with Crippen molar-refractivity contribution >= 4 is 17.3 Å². The Kier molecular flexibility index (Phi) is 4.43. The molecule has 1 amide bonds. The Balaban J connectivity index is 1.83. The molecule has 19 heavy (non-hydrogen) atoms. The van der Waals surface area contributed by atoms with Crippen LogP contribution < -0.4 is 11.1 Å². The van der Waals surface area contributed by atoms with E-state index in [4.69, 9.17) is 5.73 Å². The van der Waals surface area contributed by atoms with Gasteiger partial charge in [-0.05, 0) is 50.1 Å². The number of amides is 1. The zero-order valence-electron chi connectivity index (χ0n) is 11.8. The van der Waals surface area contributed by atoms with Gasteiger partial charge in [-0.2, -0.15) is 0 Å². The number of nitrogens with one attached hydrogen (secondary N) is 1. The van der Waals surface area contributed by atoms with Gasteiger partial charge < -0.3 is 16.0 Å². The molecule has 104 valence electrons. The molecule has 1 fully saturated rings. The van der Waals surface area contributed by atoms with E-state index in [-0.39, 0.29) is 5.91 Å². The molecule has 0 aliphatic heterocycles. The van der Waals surface area contributed by atoms with E-state index in [0.717, 1.165) is 36.1 Å². The van der Waals surface area contributed by atoms with Crippen LogP contribution in [0.3, 0.4) is 0 Å². The lowest BCUT2D eigenvalue weighted by molar-refractivity contribution is -0.116. The van der Waals surface area contributed by atoms with Crippen molar-refractivity contribution in [3.05, 3.63) is 23.8 Å². The molecule has 2 rings (SSSR count). The van der Waals surface area contributed by atoms with E-state index in [1.807, 2.05) is 25.1 Å². The number of rotatable bonds is 6. The molecule has 1 aromatic carbocycles. The minimum Gasteiger partial charge on any atom is -0.399 e. The summed E-state index contributed by atoms with van der Waals surface area (Å²) in [5.74, 6) is 0.0759. The molecule has 4 heteroatoms. The molecule has 0 spiro atoms. The maximum Gasteiger partial charge on any atom is 0.225 e. The minimum absolute atomic E-state index is 0.0759. The summed E-state index contributed by atoms with van der Waals surface area (Å²) in [6.07, 6.45) is 3.12. The van der Waals surface area contributed by atoms with E-state index in [1.54, 1.807) is 0 Å². The lowest BCUT2D eigenvalue weighted by Crippen LogP contribution is -2.29. The second kappa shape index (κ2) is 6.06. The Bertz CT molecular complexity index is 455. The topological polar surface area (TPSA) is 58.4 Å². The third-order valence-corrected chi connectivity index (χ3v) is 3.62. The predicted molar refractivity (Wildman–Crippen MR) is 79.1 cm³/mol. The fraction of sp³-hybridized carbons (Fsp3) is 0.533. The summed E-state index contributed by atoms with van der Waals surface area (Å²) in [6.45, 7) is 5.98. The number of nitrogens with two attached hydrogens (primary N) is 1. The number of hydrogen-bond donors (Lipinski definition) is 2. The van der Waals surface area contributed by atoms with Crippen molar-refractivity contribution in [2.45, 2.75) is 39.2 Å². The highest BCUT2D eigenvalue weighted by molar-refractivity contribution is 5.91. The summed E-state index contributed by atoms with van der Waals surface area (Å²) < 4.78 is 0. The number of carbonyl (C=O) groups is 1. The largest absolute Gasteiger partial charge is 0.399 e. The van der Waals surface area contributed by atoms with Gasteiger partial charge >= 0.3 is 0 Å². The Morgan fingerprint density at radius 1 is 1.47 bits per heavy atom. The van der Waals surface area contributed by atoms with Crippen LogP contribution in [0.5, 0.6) is 0 Å². The molecule has 0 saturated heterocycles. The highest BCUT2D eigenvalue weighted by Gasteiger charge is 2.27. The van der Waals surface area contributed by atoms with Crippen LogP contribution >= 0.6 is 0 Å². The third kappa shape index (κ3) is 3.96. The maximum atomic E-state index is 11.9. The van der Waals surface area contributed by atoms with Crippen LogP contribution in [0.15, 0.2) is 18.2 Å². The second-order valence-electron chi connectivity index (χ2n) is 5.23. The average Bonchev–Trinajstić information content (AvgIpc) is 3.18. The number of aryl methyl sites for hydroxylation is 1. The number of benzene rings is 1. The van der Waals surface area contributed by atoms with Gasteiger partial charge in [-0.1, -0.05) is 6.92 Å². The van der Waals surface area contributed by atoms with Crippen molar-refractivity contribution in [3.8, 4) is 0 Å². The van der Waals surface area contributed by atoms with Crippen molar-refractivity contribution < 1.29 is 4.79 Å². The zero-order valence-corrected chi connectivity index (χ0v) is 11.8. The smallest absolute Gasteiger partial charge is 0.225 e. The van der Waals surface area contributed by atoms with Crippen LogP contribution in [0.1, 0.15) is 31.7 Å². The Morgan fingerprint density at radius 2 is 2.21 bits per heavy atom. The average molecular weight is 261 g/mol. The van der Waals surface area contributed by atoms with Crippen LogP contribution in [0, 0.1) is 6.92 Å². The molecule has 0 bridgehead atoms. The third-order valence-electron chi connectivity index (χ3n) is 3.62. The zero-order chi connectivity index (χ0) is 13.8. The van der Waals surface area contributed by atoms with E-state index in [1.165, 1.54) is 12.8 Å². The lowest BCUT2D eigenvalue weighted by atomic mass is 10.1. The summed E-state index contributed by atoms with van der Waals surface area (Å²) >= 11 is 0. The molecule has 1 aliphatic carbocycles. The molecular weight excluding hydrogens is 238 g/mol. The predicted octanol–water partition coefficient (Wildman–Crippen LogP) is 2.39. The van der Waals surface area contributed by atoms with Crippen molar-refractivity contribution in [2.24, 2.45) is 0 Å². The van der Waals surface area contributed by atoms with Crippen molar-refractivity contribution in [3.63, 3.8) is 0 Å². The highest BCUT2D eigenvalue weighted by Crippen LogP contribution is 2.26. The van der Waals surface area contributed by atoms with Gasteiger partial charge in [0.05, 0.1) is 0 Å². The van der Waals surface area contributed by atoms with Crippen LogP contribution in [0.4, 0.5) is 11.4 Å². The fourth-order valence-corrected chi connectivity index (χ4v) is 2.32. The molecule has 0 atom stereocenters. The quantitative estimate of drug-likeness (QED) is 0.773. The minimum atomic E-state index is 0.0759. The van der Waals surface area contributed by atoms with Gasteiger partial charge in [0.2, 0.25) is 5.91 Å². The summed E-state index contributed by atoms with van der Waals surface area (Å²) in [5.41, 5.74) is 8.28. The first kappa shape index (κ1) is 13.9. The van der Waals surface area contributed by atoms with Crippen molar-refractivity contribution in [1.82, 2.24) is 4.90 Å². The molecule has 1 saturated carbocycles. The Labute approximate surface area is 115 Å². The van der Waals surface area contributed by atoms with Gasteiger partial charge in [-0.3, -0.25) is 4.79 Å². The summed E-state index contributed by atoms with van der Waals surface area (Å²) in [4.78, 5) is 14.3. The van der Waals surface area contributed by atoms with Crippen molar-refractivity contribution in [2.75, 3.05) is 24.1 Å². The van der Waals surface area contributed by atoms with E-state index in [9.17, 15) is 4.79 Å². The van der Waals surface area contributed by atoms with Gasteiger partial charge in [0.1, 0.15) is 0 Å². The molecule has 0 heterocycles. The summed E-state index contributed by atoms with van der Waals surface area (Å²) in [5, 5.41) is 2.96. The first-order valence-corrected chi connectivity index (χ1v) is 7.00.